The van der Waals surface area contributed by atoms with Gasteiger partial charge in [-0.15, -0.1) is 0 Å². The average Bonchev–Trinajstić information content (AvgIpc) is 2.54. The lowest BCUT2D eigenvalue weighted by atomic mass is 9.85. The van der Waals surface area contributed by atoms with Gasteiger partial charge in [0.1, 0.15) is 0 Å². The number of hydrogen-bond acceptors (Lipinski definition) is 5. The molecule has 0 aromatic carbocycles. The summed E-state index contributed by atoms with van der Waals surface area (Å²) in [6, 6.07) is 0. The van der Waals surface area contributed by atoms with Gasteiger partial charge in [-0.3, -0.25) is 4.79 Å². The van der Waals surface area contributed by atoms with Crippen molar-refractivity contribution in [2.75, 3.05) is 13.3 Å². The number of alkyl carbamates (subject to hydrolysis) is 1. The number of carbonyl (C=O) groups excluding carboxylic acids is 2. The van der Waals surface area contributed by atoms with Gasteiger partial charge < -0.3 is 14.8 Å². The van der Waals surface area contributed by atoms with Crippen LogP contribution in [0.3, 0.4) is 0 Å². The third kappa shape index (κ3) is 7.96. The van der Waals surface area contributed by atoms with Crippen LogP contribution in [0.25, 0.3) is 0 Å². The van der Waals surface area contributed by atoms with E-state index in [1.165, 1.54) is 0 Å². The van der Waals surface area contributed by atoms with Gasteiger partial charge in [0.05, 0.1) is 5.41 Å². The van der Waals surface area contributed by atoms with Crippen molar-refractivity contribution in [3.05, 3.63) is 0 Å². The summed E-state index contributed by atoms with van der Waals surface area (Å²) < 4.78 is 35.5. The van der Waals surface area contributed by atoms with E-state index in [0.29, 0.717) is 0 Å². The lowest BCUT2D eigenvalue weighted by molar-refractivity contribution is -0.161. The molecule has 0 aromatic heterocycles. The Labute approximate surface area is 154 Å². The maximum absolute atomic E-state index is 14.4. The topological polar surface area (TPSA) is 102 Å². The Bertz CT molecular complexity index is 490. The van der Waals surface area contributed by atoms with Gasteiger partial charge in [0.2, 0.25) is 12.5 Å². The molecule has 1 aliphatic rings. The monoisotopic (exact) mass is 394 g/mol. The molecule has 1 aliphatic carbocycles. The summed E-state index contributed by atoms with van der Waals surface area (Å²) in [5, 5.41) is 2.35. The van der Waals surface area contributed by atoms with Crippen LogP contribution in [0.15, 0.2) is 0 Å². The molecule has 0 heterocycles. The van der Waals surface area contributed by atoms with E-state index in [9.17, 15) is 23.4 Å². The third-order valence-corrected chi connectivity index (χ3v) is 5.70. The maximum atomic E-state index is 14.4. The van der Waals surface area contributed by atoms with Crippen LogP contribution in [0.5, 0.6) is 0 Å². The van der Waals surface area contributed by atoms with Gasteiger partial charge in [-0.2, -0.15) is 4.89 Å². The molecule has 7 nitrogen and oxygen atoms in total. The molecular formula is C17H30FNO6P+. The number of alkyl halides is 1. The summed E-state index contributed by atoms with van der Waals surface area (Å²) in [5.74, 6) is -0.590. The highest BCUT2D eigenvalue weighted by Gasteiger charge is 2.44. The van der Waals surface area contributed by atoms with Crippen LogP contribution in [-0.2, 0) is 18.8 Å². The summed E-state index contributed by atoms with van der Waals surface area (Å²) in [6.07, 6.45) is 2.15. The summed E-state index contributed by atoms with van der Waals surface area (Å²) in [6.45, 7) is 4.47. The van der Waals surface area contributed by atoms with Gasteiger partial charge in [0, 0.05) is 18.9 Å². The SMILES string of the molecule is CC(C)(C)C(=O)OCOC(=O)NCC[C@H](F)[C@H](C1CCCCC1)[P+](=O)O. The van der Waals surface area contributed by atoms with Gasteiger partial charge in [-0.05, 0) is 38.2 Å². The summed E-state index contributed by atoms with van der Waals surface area (Å²) in [4.78, 5) is 32.5. The molecule has 2 N–H and O–H groups in total. The van der Waals surface area contributed by atoms with Crippen LogP contribution in [0.1, 0.15) is 59.3 Å². The van der Waals surface area contributed by atoms with Crippen molar-refractivity contribution in [3.63, 3.8) is 0 Å². The van der Waals surface area contributed by atoms with E-state index in [1.807, 2.05) is 0 Å². The number of amides is 1. The Morgan fingerprint density at radius 2 is 1.85 bits per heavy atom. The van der Waals surface area contributed by atoms with E-state index in [2.05, 4.69) is 5.32 Å². The fourth-order valence-corrected chi connectivity index (χ4v) is 4.06. The Balaban J connectivity index is 2.30. The van der Waals surface area contributed by atoms with Gasteiger partial charge in [0.15, 0.2) is 6.17 Å². The van der Waals surface area contributed by atoms with E-state index in [0.717, 1.165) is 32.1 Å². The number of halogens is 1. The van der Waals surface area contributed by atoms with Crippen molar-refractivity contribution in [1.29, 1.82) is 0 Å². The molecule has 1 rings (SSSR count). The average molecular weight is 394 g/mol. The number of carbonyl (C=O) groups is 2. The van der Waals surface area contributed by atoms with E-state index < -0.39 is 44.1 Å². The molecule has 1 fully saturated rings. The smallest absolute Gasteiger partial charge is 0.427 e. The van der Waals surface area contributed by atoms with Crippen LogP contribution in [0, 0.1) is 11.3 Å². The lowest BCUT2D eigenvalue weighted by Gasteiger charge is -2.24. The molecule has 0 aliphatic heterocycles. The fraction of sp³-hybridized carbons (Fsp3) is 0.882. The highest BCUT2D eigenvalue weighted by atomic mass is 31.1. The van der Waals surface area contributed by atoms with Gasteiger partial charge in [-0.25, -0.2) is 9.18 Å². The van der Waals surface area contributed by atoms with Crippen molar-refractivity contribution in [3.8, 4) is 0 Å². The minimum Gasteiger partial charge on any atom is -0.427 e. The molecule has 1 unspecified atom stereocenters. The molecule has 9 heteroatoms. The quantitative estimate of drug-likeness (QED) is 0.370. The molecule has 3 atom stereocenters. The molecule has 26 heavy (non-hydrogen) atoms. The zero-order chi connectivity index (χ0) is 19.7. The number of ether oxygens (including phenoxy) is 2. The van der Waals surface area contributed by atoms with Crippen molar-refractivity contribution in [2.45, 2.75) is 71.1 Å². The Hall–Kier alpha value is -1.27. The van der Waals surface area contributed by atoms with Crippen molar-refractivity contribution >= 4 is 20.1 Å². The predicted octanol–water partition coefficient (Wildman–Crippen LogP) is 3.67. The Morgan fingerprint density at radius 3 is 2.38 bits per heavy atom. The first-order chi connectivity index (χ1) is 12.1. The molecular weight excluding hydrogens is 364 g/mol. The first kappa shape index (κ1) is 22.8. The van der Waals surface area contributed by atoms with Gasteiger partial charge in [0.25, 0.3) is 0 Å². The summed E-state index contributed by atoms with van der Waals surface area (Å²) >= 11 is 0. The molecule has 0 bridgehead atoms. The largest absolute Gasteiger partial charge is 0.512 e. The first-order valence-corrected chi connectivity index (χ1v) is 10.3. The van der Waals surface area contributed by atoms with Crippen LogP contribution >= 0.6 is 8.03 Å². The molecule has 0 saturated heterocycles. The van der Waals surface area contributed by atoms with Crippen molar-refractivity contribution < 1.29 is 32.9 Å². The van der Waals surface area contributed by atoms with E-state index in [1.54, 1.807) is 20.8 Å². The first-order valence-electron chi connectivity index (χ1n) is 9.00. The third-order valence-electron chi connectivity index (χ3n) is 4.44. The van der Waals surface area contributed by atoms with Crippen LogP contribution in [-0.4, -0.2) is 42.1 Å². The summed E-state index contributed by atoms with van der Waals surface area (Å²) in [7, 11) is -2.61. The number of esters is 1. The Morgan fingerprint density at radius 1 is 1.23 bits per heavy atom. The zero-order valence-electron chi connectivity index (χ0n) is 15.7. The zero-order valence-corrected chi connectivity index (χ0v) is 16.6. The normalized spacial score (nSPS) is 18.6. The minimum atomic E-state index is -2.61. The van der Waals surface area contributed by atoms with Crippen LogP contribution in [0.2, 0.25) is 0 Å². The number of nitrogens with one attached hydrogen (secondary N) is 1. The highest BCUT2D eigenvalue weighted by Crippen LogP contribution is 2.41. The van der Waals surface area contributed by atoms with Gasteiger partial charge in [-0.1, -0.05) is 19.3 Å². The molecule has 0 aromatic rings. The van der Waals surface area contributed by atoms with E-state index in [-0.39, 0.29) is 18.9 Å². The molecule has 1 saturated carbocycles. The standard InChI is InChI=1S/C17H29FNO6P/c1-17(2,3)15(20)24-11-25-16(21)19-10-9-13(18)14(26(22)23)12-7-5-4-6-8-12/h12-14H,4-11H2,1-3H3,(H-,19,21,22,23)/p+1/t13-,14-/m0/s1. The predicted molar refractivity (Wildman–Crippen MR) is 94.6 cm³/mol. The van der Waals surface area contributed by atoms with Crippen LogP contribution < -0.4 is 5.32 Å². The Kier molecular flexibility index (Phi) is 9.44. The van der Waals surface area contributed by atoms with Crippen molar-refractivity contribution in [2.24, 2.45) is 11.3 Å². The van der Waals surface area contributed by atoms with Crippen LogP contribution in [0.4, 0.5) is 9.18 Å². The van der Waals surface area contributed by atoms with Gasteiger partial charge >= 0.3 is 20.1 Å². The second-order valence-electron chi connectivity index (χ2n) is 7.65. The molecule has 150 valence electrons. The minimum absolute atomic E-state index is 0.0282. The number of rotatable bonds is 8. The fourth-order valence-electron chi connectivity index (χ4n) is 2.98. The second kappa shape index (κ2) is 10.8. The molecule has 1 amide bonds. The lowest BCUT2D eigenvalue weighted by Crippen LogP contribution is -2.34. The highest BCUT2D eigenvalue weighted by molar-refractivity contribution is 7.39. The summed E-state index contributed by atoms with van der Waals surface area (Å²) in [5.41, 5.74) is -1.59. The van der Waals surface area contributed by atoms with E-state index in [4.69, 9.17) is 9.47 Å². The molecule has 0 spiro atoms. The molecule has 0 radical (unpaired) electrons. The second-order valence-corrected chi connectivity index (χ2v) is 8.86. The van der Waals surface area contributed by atoms with E-state index >= 15 is 0 Å². The van der Waals surface area contributed by atoms with Crippen molar-refractivity contribution in [1.82, 2.24) is 5.32 Å². The maximum Gasteiger partial charge on any atom is 0.512 e. The number of hydrogen-bond donors (Lipinski definition) is 2.